The number of hydrogen-bond donors (Lipinski definition) is 0. The summed E-state index contributed by atoms with van der Waals surface area (Å²) in [6.07, 6.45) is 9.53. The number of rotatable bonds is 1. The number of aryl methyl sites for hydroxylation is 1. The first kappa shape index (κ1) is 24.3. The van der Waals surface area contributed by atoms with E-state index in [9.17, 15) is 0 Å². The quantitative estimate of drug-likeness (QED) is 0.400. The summed E-state index contributed by atoms with van der Waals surface area (Å²) in [5, 5.41) is 5.17. The minimum atomic E-state index is -0.0962. The van der Waals surface area contributed by atoms with E-state index in [1.165, 1.54) is 12.8 Å². The van der Waals surface area contributed by atoms with Gasteiger partial charge < -0.3 is 14.7 Å². The summed E-state index contributed by atoms with van der Waals surface area (Å²) in [6, 6.07) is 8.31. The van der Waals surface area contributed by atoms with E-state index in [2.05, 4.69) is 46.5 Å². The lowest BCUT2D eigenvalue weighted by molar-refractivity contribution is 0.226. The lowest BCUT2D eigenvalue weighted by Crippen LogP contribution is -2.32. The summed E-state index contributed by atoms with van der Waals surface area (Å²) in [6.45, 7) is 10.5. The molecule has 0 amide bonds. The van der Waals surface area contributed by atoms with Gasteiger partial charge >= 0.3 is 0 Å². The lowest BCUT2D eigenvalue weighted by atomic mass is 9.93. The Morgan fingerprint density at radius 2 is 1.70 bits per heavy atom. The van der Waals surface area contributed by atoms with Gasteiger partial charge in [0.2, 0.25) is 0 Å². The second-order valence-corrected chi connectivity index (χ2v) is 11.2. The average molecular weight is 503 g/mol. The molecule has 2 aromatic heterocycles. The highest BCUT2D eigenvalue weighted by Crippen LogP contribution is 2.39. The molecule has 3 aromatic rings. The summed E-state index contributed by atoms with van der Waals surface area (Å²) < 4.78 is 17.3. The number of piperidine rings is 1. The Labute approximate surface area is 219 Å². The number of anilines is 2. The molecule has 5 heterocycles. The van der Waals surface area contributed by atoms with Crippen molar-refractivity contribution in [1.29, 1.82) is 0 Å². The van der Waals surface area contributed by atoms with Gasteiger partial charge in [-0.2, -0.15) is 9.61 Å². The zero-order valence-electron chi connectivity index (χ0n) is 22.3. The van der Waals surface area contributed by atoms with Gasteiger partial charge in [0.25, 0.3) is 0 Å². The van der Waals surface area contributed by atoms with Gasteiger partial charge in [-0.05, 0) is 81.5 Å². The molecule has 6 rings (SSSR count). The van der Waals surface area contributed by atoms with Crippen LogP contribution in [-0.4, -0.2) is 52.7 Å². The van der Waals surface area contributed by atoms with Crippen LogP contribution in [0.4, 0.5) is 16.0 Å². The molecule has 0 saturated carbocycles. The van der Waals surface area contributed by atoms with E-state index in [1.807, 2.05) is 11.4 Å². The molecule has 0 N–H and O–H groups in total. The summed E-state index contributed by atoms with van der Waals surface area (Å²) in [7, 11) is 2.16. The van der Waals surface area contributed by atoms with Crippen LogP contribution >= 0.6 is 0 Å². The van der Waals surface area contributed by atoms with Crippen molar-refractivity contribution in [3.63, 3.8) is 0 Å². The Morgan fingerprint density at radius 3 is 2.54 bits per heavy atom. The van der Waals surface area contributed by atoms with Crippen molar-refractivity contribution in [2.45, 2.75) is 70.8 Å². The van der Waals surface area contributed by atoms with Crippen molar-refractivity contribution in [2.75, 3.05) is 43.0 Å². The molecule has 2 fully saturated rings. The first-order chi connectivity index (χ1) is 18.0. The number of nitrogens with zero attached hydrogens (tertiary/aromatic N) is 6. The second-order valence-electron chi connectivity index (χ2n) is 11.2. The third-order valence-electron chi connectivity index (χ3n) is 8.50. The summed E-state index contributed by atoms with van der Waals surface area (Å²) in [5.74, 6) is 2.06. The van der Waals surface area contributed by atoms with Crippen molar-refractivity contribution in [1.82, 2.24) is 19.5 Å². The van der Waals surface area contributed by atoms with E-state index in [4.69, 9.17) is 10.1 Å². The van der Waals surface area contributed by atoms with Crippen molar-refractivity contribution in [3.05, 3.63) is 59.0 Å². The van der Waals surface area contributed by atoms with Crippen LogP contribution in [0.2, 0.25) is 0 Å². The van der Waals surface area contributed by atoms with Gasteiger partial charge in [-0.1, -0.05) is 13.0 Å². The number of aromatic nitrogens is 3. The lowest BCUT2D eigenvalue weighted by Gasteiger charge is -2.38. The number of fused-ring (bicyclic) bond motifs is 4. The summed E-state index contributed by atoms with van der Waals surface area (Å²) in [5.41, 5.74) is 5.60. The molecule has 196 valence electrons. The molecular formula is C30H39FN6. The predicted molar refractivity (Wildman–Crippen MR) is 149 cm³/mol. The molecular weight excluding hydrogens is 463 g/mol. The van der Waals surface area contributed by atoms with Crippen LogP contribution in [0.25, 0.3) is 11.3 Å². The zero-order valence-corrected chi connectivity index (χ0v) is 22.3. The SMILES string of the molecule is C=C1c2cc(C)cc(F)c2CCCCCN(C)c2cc(N3CCCC3)nc3cc(nn23)C2CCCCN12. The molecule has 1 unspecified atom stereocenters. The Bertz CT molecular complexity index is 1310. The Morgan fingerprint density at radius 1 is 0.919 bits per heavy atom. The van der Waals surface area contributed by atoms with Gasteiger partial charge in [0.05, 0.1) is 11.7 Å². The van der Waals surface area contributed by atoms with Crippen LogP contribution in [0, 0.1) is 12.7 Å². The van der Waals surface area contributed by atoms with Crippen molar-refractivity contribution in [3.8, 4) is 0 Å². The molecule has 0 spiro atoms. The van der Waals surface area contributed by atoms with Gasteiger partial charge in [-0.15, -0.1) is 0 Å². The Hall–Kier alpha value is -3.09. The summed E-state index contributed by atoms with van der Waals surface area (Å²) in [4.78, 5) is 12.2. The normalized spacial score (nSPS) is 21.2. The molecule has 6 nitrogen and oxygen atoms in total. The largest absolute Gasteiger partial charge is 0.363 e. The van der Waals surface area contributed by atoms with Crippen molar-refractivity contribution < 1.29 is 4.39 Å². The highest BCUT2D eigenvalue weighted by molar-refractivity contribution is 5.67. The van der Waals surface area contributed by atoms with Crippen LogP contribution in [-0.2, 0) is 6.42 Å². The van der Waals surface area contributed by atoms with E-state index >= 15 is 4.39 Å². The van der Waals surface area contributed by atoms with Gasteiger partial charge in [0, 0.05) is 56.6 Å². The molecule has 3 aliphatic heterocycles. The molecule has 2 bridgehead atoms. The third-order valence-corrected chi connectivity index (χ3v) is 8.50. The minimum absolute atomic E-state index is 0.0962. The minimum Gasteiger partial charge on any atom is -0.363 e. The van der Waals surface area contributed by atoms with E-state index < -0.39 is 0 Å². The van der Waals surface area contributed by atoms with Crippen molar-refractivity contribution in [2.24, 2.45) is 0 Å². The third kappa shape index (κ3) is 4.57. The van der Waals surface area contributed by atoms with Gasteiger partial charge in [-0.25, -0.2) is 9.37 Å². The first-order valence-corrected chi connectivity index (χ1v) is 14.1. The maximum absolute atomic E-state index is 15.3. The number of hydrogen-bond acceptors (Lipinski definition) is 5. The summed E-state index contributed by atoms with van der Waals surface area (Å²) >= 11 is 0. The van der Waals surface area contributed by atoms with Crippen LogP contribution in [0.5, 0.6) is 0 Å². The fourth-order valence-electron chi connectivity index (χ4n) is 6.45. The van der Waals surface area contributed by atoms with Crippen LogP contribution in [0.1, 0.15) is 79.8 Å². The molecule has 3 aliphatic rings. The fourth-order valence-corrected chi connectivity index (χ4v) is 6.45. The van der Waals surface area contributed by atoms with Crippen LogP contribution in [0.15, 0.2) is 30.8 Å². The second kappa shape index (κ2) is 9.99. The topological polar surface area (TPSA) is 39.9 Å². The van der Waals surface area contributed by atoms with Crippen molar-refractivity contribution >= 4 is 23.0 Å². The highest BCUT2D eigenvalue weighted by Gasteiger charge is 2.30. The maximum atomic E-state index is 15.3. The predicted octanol–water partition coefficient (Wildman–Crippen LogP) is 6.14. The van der Waals surface area contributed by atoms with E-state index in [0.29, 0.717) is 0 Å². The Balaban J connectivity index is 1.48. The zero-order chi connectivity index (χ0) is 25.5. The standard InChI is InChI=1S/C30H39FN6/c1-21-17-24-22(2)36-16-8-6-12-27(36)26-19-29-32-28(35-14-9-10-15-35)20-30(37(29)33-26)34(3)13-7-4-5-11-23(24)25(31)18-21/h17-20,27H,2,4-16H2,1,3H3. The molecule has 1 aromatic carbocycles. The molecule has 2 saturated heterocycles. The van der Waals surface area contributed by atoms with E-state index in [0.717, 1.165) is 116 Å². The highest BCUT2D eigenvalue weighted by atomic mass is 19.1. The maximum Gasteiger partial charge on any atom is 0.160 e. The van der Waals surface area contributed by atoms with Gasteiger partial charge in [-0.3, -0.25) is 0 Å². The first-order valence-electron chi connectivity index (χ1n) is 14.1. The molecule has 37 heavy (non-hydrogen) atoms. The smallest absolute Gasteiger partial charge is 0.160 e. The molecule has 0 aliphatic carbocycles. The van der Waals surface area contributed by atoms with Gasteiger partial charge in [0.15, 0.2) is 5.65 Å². The fraction of sp³-hybridized carbons (Fsp3) is 0.533. The van der Waals surface area contributed by atoms with Gasteiger partial charge in [0.1, 0.15) is 17.5 Å². The molecule has 1 atom stereocenters. The van der Waals surface area contributed by atoms with Crippen LogP contribution in [0.3, 0.4) is 0 Å². The number of benzene rings is 1. The molecule has 7 heteroatoms. The monoisotopic (exact) mass is 502 g/mol. The van der Waals surface area contributed by atoms with E-state index in [-0.39, 0.29) is 11.9 Å². The number of halogens is 1. The van der Waals surface area contributed by atoms with E-state index in [1.54, 1.807) is 6.07 Å². The Kier molecular flexibility index (Phi) is 6.55. The average Bonchev–Trinajstić information content (AvgIpc) is 3.58. The van der Waals surface area contributed by atoms with Crippen LogP contribution < -0.4 is 9.80 Å². The molecule has 0 radical (unpaired) electrons.